The number of hydrogen-bond acceptors (Lipinski definition) is 5. The normalized spacial score (nSPS) is 12.5. The molecule has 2 aromatic carbocycles. The Morgan fingerprint density at radius 3 is 2.57 bits per heavy atom. The highest BCUT2D eigenvalue weighted by Gasteiger charge is 2.18. The van der Waals surface area contributed by atoms with Gasteiger partial charge in [-0.1, -0.05) is 11.6 Å². The summed E-state index contributed by atoms with van der Waals surface area (Å²) in [6.45, 7) is 3.67. The number of nitrogens with zero attached hydrogens (tertiary/aromatic N) is 3. The number of benzene rings is 2. The molecule has 0 amide bonds. The van der Waals surface area contributed by atoms with Crippen LogP contribution in [0.2, 0.25) is 5.02 Å². The average molecular weight is 401 g/mol. The standard InChI is InChI=1S/C21H25ClN4O2/c1-14(23-11-12-25(2)3)20-24-19-13-15(22)5-10-18(19)21(27)26(20)16-6-8-17(28-4)9-7-16/h5-10,13-14,23H,11-12H2,1-4H3. The van der Waals surface area contributed by atoms with Gasteiger partial charge < -0.3 is 15.0 Å². The molecular formula is C21H25ClN4O2. The molecule has 0 radical (unpaired) electrons. The first-order valence-corrected chi connectivity index (χ1v) is 9.53. The van der Waals surface area contributed by atoms with E-state index in [1.54, 1.807) is 29.9 Å². The molecule has 0 bridgehead atoms. The van der Waals surface area contributed by atoms with E-state index in [1.165, 1.54) is 0 Å². The summed E-state index contributed by atoms with van der Waals surface area (Å²) in [5.41, 5.74) is 1.22. The van der Waals surface area contributed by atoms with Crippen molar-refractivity contribution in [3.63, 3.8) is 0 Å². The molecule has 0 aliphatic carbocycles. The van der Waals surface area contributed by atoms with E-state index in [0.717, 1.165) is 24.5 Å². The largest absolute Gasteiger partial charge is 0.497 e. The molecule has 1 aromatic heterocycles. The number of rotatable bonds is 7. The summed E-state index contributed by atoms with van der Waals surface area (Å²) >= 11 is 6.13. The van der Waals surface area contributed by atoms with Gasteiger partial charge in [-0.2, -0.15) is 0 Å². The van der Waals surface area contributed by atoms with E-state index in [9.17, 15) is 4.79 Å². The van der Waals surface area contributed by atoms with Gasteiger partial charge in [0.05, 0.1) is 29.7 Å². The predicted octanol–water partition coefficient (Wildman–Crippen LogP) is 3.26. The van der Waals surface area contributed by atoms with Gasteiger partial charge in [-0.05, 0) is 63.5 Å². The lowest BCUT2D eigenvalue weighted by Gasteiger charge is -2.21. The fourth-order valence-electron chi connectivity index (χ4n) is 3.04. The molecule has 6 nitrogen and oxygen atoms in total. The van der Waals surface area contributed by atoms with Crippen molar-refractivity contribution >= 4 is 22.5 Å². The van der Waals surface area contributed by atoms with Crippen molar-refractivity contribution in [1.29, 1.82) is 0 Å². The second-order valence-corrected chi connectivity index (χ2v) is 7.39. The van der Waals surface area contributed by atoms with E-state index >= 15 is 0 Å². The Labute approximate surface area is 169 Å². The zero-order valence-corrected chi connectivity index (χ0v) is 17.3. The first-order valence-electron chi connectivity index (χ1n) is 9.15. The molecule has 1 N–H and O–H groups in total. The average Bonchev–Trinajstić information content (AvgIpc) is 2.67. The molecule has 3 rings (SSSR count). The van der Waals surface area contributed by atoms with Crippen LogP contribution in [0.15, 0.2) is 47.3 Å². The smallest absolute Gasteiger partial charge is 0.266 e. The van der Waals surface area contributed by atoms with Gasteiger partial charge >= 0.3 is 0 Å². The number of aromatic nitrogens is 2. The van der Waals surface area contributed by atoms with Gasteiger partial charge in [0.25, 0.3) is 5.56 Å². The third-order valence-corrected chi connectivity index (χ3v) is 4.82. The number of methoxy groups -OCH3 is 1. The Bertz CT molecular complexity index is 1020. The first-order chi connectivity index (χ1) is 13.4. The molecule has 0 saturated heterocycles. The minimum Gasteiger partial charge on any atom is -0.497 e. The number of halogens is 1. The zero-order valence-electron chi connectivity index (χ0n) is 16.6. The van der Waals surface area contributed by atoms with E-state index in [0.29, 0.717) is 21.7 Å². The van der Waals surface area contributed by atoms with Crippen LogP contribution in [0.25, 0.3) is 16.6 Å². The molecule has 1 unspecified atom stereocenters. The Hall–Kier alpha value is -2.41. The van der Waals surface area contributed by atoms with Crippen molar-refractivity contribution < 1.29 is 4.74 Å². The van der Waals surface area contributed by atoms with Gasteiger partial charge in [-0.3, -0.25) is 9.36 Å². The van der Waals surface area contributed by atoms with Crippen molar-refractivity contribution in [2.75, 3.05) is 34.3 Å². The highest BCUT2D eigenvalue weighted by molar-refractivity contribution is 6.31. The number of ether oxygens (including phenoxy) is 1. The molecule has 28 heavy (non-hydrogen) atoms. The van der Waals surface area contributed by atoms with Gasteiger partial charge in [-0.15, -0.1) is 0 Å². The molecule has 0 aliphatic rings. The Kier molecular flexibility index (Phi) is 6.34. The summed E-state index contributed by atoms with van der Waals surface area (Å²) in [6.07, 6.45) is 0. The monoisotopic (exact) mass is 400 g/mol. The summed E-state index contributed by atoms with van der Waals surface area (Å²) in [5.74, 6) is 1.37. The fraction of sp³-hybridized carbons (Fsp3) is 0.333. The molecule has 1 heterocycles. The molecule has 0 aliphatic heterocycles. The van der Waals surface area contributed by atoms with E-state index < -0.39 is 0 Å². The number of fused-ring (bicyclic) bond motifs is 1. The van der Waals surface area contributed by atoms with Crippen LogP contribution in [0.3, 0.4) is 0 Å². The van der Waals surface area contributed by atoms with Crippen LogP contribution in [0.5, 0.6) is 5.75 Å². The van der Waals surface area contributed by atoms with Crippen LogP contribution < -0.4 is 15.6 Å². The zero-order chi connectivity index (χ0) is 20.3. The third-order valence-electron chi connectivity index (χ3n) is 4.58. The maximum Gasteiger partial charge on any atom is 0.266 e. The fourth-order valence-corrected chi connectivity index (χ4v) is 3.21. The highest BCUT2D eigenvalue weighted by atomic mass is 35.5. The molecular weight excluding hydrogens is 376 g/mol. The van der Waals surface area contributed by atoms with E-state index in [-0.39, 0.29) is 11.6 Å². The summed E-state index contributed by atoms with van der Waals surface area (Å²) < 4.78 is 6.89. The van der Waals surface area contributed by atoms with Gasteiger partial charge in [0.2, 0.25) is 0 Å². The topological polar surface area (TPSA) is 59.4 Å². The van der Waals surface area contributed by atoms with Gasteiger partial charge in [-0.25, -0.2) is 4.98 Å². The van der Waals surface area contributed by atoms with Crippen molar-refractivity contribution in [1.82, 2.24) is 19.8 Å². The third kappa shape index (κ3) is 4.35. The Morgan fingerprint density at radius 1 is 1.21 bits per heavy atom. The number of nitrogens with one attached hydrogen (secondary N) is 1. The van der Waals surface area contributed by atoms with Gasteiger partial charge in [0, 0.05) is 18.1 Å². The highest BCUT2D eigenvalue weighted by Crippen LogP contribution is 2.22. The molecule has 3 aromatic rings. The van der Waals surface area contributed by atoms with Crippen molar-refractivity contribution in [3.8, 4) is 11.4 Å². The van der Waals surface area contributed by atoms with Crippen LogP contribution in [0, 0.1) is 0 Å². The lowest BCUT2D eigenvalue weighted by molar-refractivity contribution is 0.385. The maximum atomic E-state index is 13.3. The van der Waals surface area contributed by atoms with Crippen LogP contribution in [0.1, 0.15) is 18.8 Å². The molecule has 0 spiro atoms. The summed E-state index contributed by atoms with van der Waals surface area (Å²) in [7, 11) is 5.66. The van der Waals surface area contributed by atoms with Crippen LogP contribution in [-0.2, 0) is 0 Å². The van der Waals surface area contributed by atoms with Crippen molar-refractivity contribution in [2.24, 2.45) is 0 Å². The van der Waals surface area contributed by atoms with Gasteiger partial charge in [0.15, 0.2) is 0 Å². The van der Waals surface area contributed by atoms with Crippen LogP contribution in [0.4, 0.5) is 0 Å². The summed E-state index contributed by atoms with van der Waals surface area (Å²) in [4.78, 5) is 20.2. The lowest BCUT2D eigenvalue weighted by Crippen LogP contribution is -2.33. The SMILES string of the molecule is COc1ccc(-n2c(C(C)NCCN(C)C)nc3cc(Cl)ccc3c2=O)cc1. The first kappa shape index (κ1) is 20.3. The summed E-state index contributed by atoms with van der Waals surface area (Å²) in [6, 6.07) is 12.4. The second-order valence-electron chi connectivity index (χ2n) is 6.95. The summed E-state index contributed by atoms with van der Waals surface area (Å²) in [5, 5.41) is 4.54. The van der Waals surface area contributed by atoms with Crippen LogP contribution in [-0.4, -0.2) is 48.7 Å². The Morgan fingerprint density at radius 2 is 1.93 bits per heavy atom. The predicted molar refractivity (Wildman–Crippen MR) is 114 cm³/mol. The molecule has 7 heteroatoms. The number of likely N-dealkylation sites (N-methyl/N-ethyl adjacent to an activating group) is 1. The second kappa shape index (κ2) is 8.73. The molecule has 0 fully saturated rings. The lowest BCUT2D eigenvalue weighted by atomic mass is 10.2. The van der Waals surface area contributed by atoms with Crippen molar-refractivity contribution in [2.45, 2.75) is 13.0 Å². The molecule has 148 valence electrons. The molecule has 0 saturated carbocycles. The van der Waals surface area contributed by atoms with Crippen molar-refractivity contribution in [3.05, 3.63) is 63.7 Å². The Balaban J connectivity index is 2.13. The minimum absolute atomic E-state index is 0.122. The quantitative estimate of drug-likeness (QED) is 0.659. The molecule has 1 atom stereocenters. The maximum absolute atomic E-state index is 13.3. The van der Waals surface area contributed by atoms with E-state index in [1.807, 2.05) is 45.3 Å². The van der Waals surface area contributed by atoms with E-state index in [2.05, 4.69) is 10.2 Å². The number of hydrogen-bond donors (Lipinski definition) is 1. The minimum atomic E-state index is -0.127. The van der Waals surface area contributed by atoms with Gasteiger partial charge in [0.1, 0.15) is 11.6 Å². The van der Waals surface area contributed by atoms with E-state index in [4.69, 9.17) is 21.3 Å². The van der Waals surface area contributed by atoms with Crippen LogP contribution >= 0.6 is 11.6 Å².